The number of hydrogen-bond acceptors (Lipinski definition) is 4. The van der Waals surface area contributed by atoms with Gasteiger partial charge < -0.3 is 4.90 Å². The van der Waals surface area contributed by atoms with E-state index in [1.54, 1.807) is 18.1 Å². The number of sulfonamides is 1. The van der Waals surface area contributed by atoms with Crippen LogP contribution in [0.15, 0.2) is 71.8 Å². The van der Waals surface area contributed by atoms with Gasteiger partial charge in [0, 0.05) is 43.2 Å². The second-order valence-corrected chi connectivity index (χ2v) is 8.24. The number of carbonyl (C=O) groups is 1. The van der Waals surface area contributed by atoms with Crippen LogP contribution in [0.4, 0.5) is 14.5 Å². The summed E-state index contributed by atoms with van der Waals surface area (Å²) < 4.78 is 53.3. The third-order valence-corrected chi connectivity index (χ3v) is 5.74. The summed E-state index contributed by atoms with van der Waals surface area (Å²) in [6.45, 7) is 0.473. The van der Waals surface area contributed by atoms with Gasteiger partial charge in [0.25, 0.3) is 15.9 Å². The van der Waals surface area contributed by atoms with E-state index in [0.29, 0.717) is 24.6 Å². The Morgan fingerprint density at radius 1 is 1.03 bits per heavy atom. The Labute approximate surface area is 173 Å². The number of pyridine rings is 1. The van der Waals surface area contributed by atoms with Crippen molar-refractivity contribution in [3.8, 4) is 0 Å². The number of hydrogen-bond donors (Lipinski definition) is 1. The Morgan fingerprint density at radius 3 is 2.40 bits per heavy atom. The highest BCUT2D eigenvalue weighted by Gasteiger charge is 2.17. The van der Waals surface area contributed by atoms with E-state index in [1.807, 2.05) is 18.2 Å². The average Bonchev–Trinajstić information content (AvgIpc) is 2.74. The smallest absolute Gasteiger partial charge is 0.261 e. The largest absolute Gasteiger partial charge is 0.341 e. The fraction of sp³-hybridized carbons (Fsp3) is 0.143. The van der Waals surface area contributed by atoms with Gasteiger partial charge in [0.05, 0.1) is 4.90 Å². The first-order valence-corrected chi connectivity index (χ1v) is 10.5. The van der Waals surface area contributed by atoms with Gasteiger partial charge in [-0.25, -0.2) is 17.2 Å². The molecule has 0 atom stereocenters. The molecule has 0 aliphatic heterocycles. The molecule has 0 aliphatic carbocycles. The number of nitrogens with one attached hydrogen (secondary N) is 1. The zero-order valence-corrected chi connectivity index (χ0v) is 16.9. The maximum absolute atomic E-state index is 13.3. The van der Waals surface area contributed by atoms with Crippen molar-refractivity contribution in [2.45, 2.75) is 11.3 Å². The molecule has 0 radical (unpaired) electrons. The Hall–Kier alpha value is -3.33. The first kappa shape index (κ1) is 21.4. The number of benzene rings is 2. The molecular formula is C21H19F2N3O3S. The summed E-state index contributed by atoms with van der Waals surface area (Å²) in [4.78, 5) is 17.9. The van der Waals surface area contributed by atoms with Crippen molar-refractivity contribution >= 4 is 21.6 Å². The minimum absolute atomic E-state index is 0.187. The maximum atomic E-state index is 13.3. The van der Waals surface area contributed by atoms with Crippen LogP contribution in [0, 0.1) is 11.6 Å². The molecular weight excluding hydrogens is 412 g/mol. The molecule has 1 aromatic heterocycles. The molecule has 0 saturated heterocycles. The number of rotatable bonds is 7. The van der Waals surface area contributed by atoms with Crippen molar-refractivity contribution in [2.75, 3.05) is 18.3 Å². The minimum atomic E-state index is -4.10. The third kappa shape index (κ3) is 5.18. The lowest BCUT2D eigenvalue weighted by atomic mass is 10.2. The van der Waals surface area contributed by atoms with Gasteiger partial charge in [-0.2, -0.15) is 0 Å². The van der Waals surface area contributed by atoms with E-state index in [0.717, 1.165) is 17.8 Å². The van der Waals surface area contributed by atoms with Crippen molar-refractivity contribution < 1.29 is 22.0 Å². The number of nitrogens with zero attached hydrogens (tertiary/aromatic N) is 2. The number of amides is 1. The van der Waals surface area contributed by atoms with Crippen LogP contribution in [0.1, 0.15) is 16.1 Å². The molecule has 156 valence electrons. The van der Waals surface area contributed by atoms with Gasteiger partial charge in [-0.05, 0) is 54.6 Å². The second-order valence-electron chi connectivity index (χ2n) is 6.56. The molecule has 0 unspecified atom stereocenters. The molecule has 1 amide bonds. The number of halogens is 2. The Morgan fingerprint density at radius 2 is 1.77 bits per heavy atom. The lowest BCUT2D eigenvalue weighted by molar-refractivity contribution is 0.0796. The van der Waals surface area contributed by atoms with Crippen LogP contribution in [-0.4, -0.2) is 37.8 Å². The second kappa shape index (κ2) is 9.00. The maximum Gasteiger partial charge on any atom is 0.261 e. The fourth-order valence-electron chi connectivity index (χ4n) is 2.69. The molecule has 6 nitrogen and oxygen atoms in total. The van der Waals surface area contributed by atoms with Gasteiger partial charge in [-0.1, -0.05) is 6.07 Å². The molecule has 0 aliphatic rings. The molecule has 0 fully saturated rings. The Kier molecular flexibility index (Phi) is 6.41. The Balaban J connectivity index is 1.65. The van der Waals surface area contributed by atoms with Crippen molar-refractivity contribution in [3.63, 3.8) is 0 Å². The van der Waals surface area contributed by atoms with Crippen molar-refractivity contribution in [1.29, 1.82) is 0 Å². The molecule has 9 heteroatoms. The lowest BCUT2D eigenvalue weighted by Crippen LogP contribution is -2.29. The van der Waals surface area contributed by atoms with E-state index < -0.39 is 26.6 Å². The summed E-state index contributed by atoms with van der Waals surface area (Å²) in [5, 5.41) is 0. The van der Waals surface area contributed by atoms with Gasteiger partial charge in [0.2, 0.25) is 0 Å². The van der Waals surface area contributed by atoms with Crippen molar-refractivity contribution in [3.05, 3.63) is 89.8 Å². The first-order valence-electron chi connectivity index (χ1n) is 8.99. The van der Waals surface area contributed by atoms with Gasteiger partial charge >= 0.3 is 0 Å². The van der Waals surface area contributed by atoms with Gasteiger partial charge in [0.15, 0.2) is 11.6 Å². The normalized spacial score (nSPS) is 11.2. The van der Waals surface area contributed by atoms with E-state index in [4.69, 9.17) is 0 Å². The molecule has 3 rings (SSSR count). The first-order chi connectivity index (χ1) is 14.3. The van der Waals surface area contributed by atoms with Crippen LogP contribution in [0.25, 0.3) is 0 Å². The van der Waals surface area contributed by atoms with Gasteiger partial charge in [0.1, 0.15) is 0 Å². The van der Waals surface area contributed by atoms with E-state index in [2.05, 4.69) is 9.71 Å². The average molecular weight is 431 g/mol. The summed E-state index contributed by atoms with van der Waals surface area (Å²) >= 11 is 0. The van der Waals surface area contributed by atoms with Crippen LogP contribution in [0.5, 0.6) is 0 Å². The SMILES string of the molecule is CN(CCc1ccccn1)C(=O)c1ccc(NS(=O)(=O)c2ccc(F)c(F)c2)cc1. The quantitative estimate of drug-likeness (QED) is 0.621. The van der Waals surface area contributed by atoms with Crippen LogP contribution in [0.3, 0.4) is 0 Å². The predicted molar refractivity (Wildman–Crippen MR) is 109 cm³/mol. The molecule has 1 N–H and O–H groups in total. The van der Waals surface area contributed by atoms with E-state index in [9.17, 15) is 22.0 Å². The molecule has 3 aromatic rings. The van der Waals surface area contributed by atoms with Crippen molar-refractivity contribution in [2.24, 2.45) is 0 Å². The molecule has 0 saturated carbocycles. The van der Waals surface area contributed by atoms with Crippen LogP contribution in [0.2, 0.25) is 0 Å². The lowest BCUT2D eigenvalue weighted by Gasteiger charge is -2.17. The fourth-order valence-corrected chi connectivity index (χ4v) is 3.76. The standard InChI is InChI=1S/C21H19F2N3O3S/c1-26(13-11-16-4-2-3-12-24-16)21(27)15-5-7-17(8-6-15)25-30(28,29)18-9-10-19(22)20(23)14-18/h2-10,12,14,25H,11,13H2,1H3. The zero-order valence-electron chi connectivity index (χ0n) is 16.0. The highest BCUT2D eigenvalue weighted by atomic mass is 32.2. The summed E-state index contributed by atoms with van der Waals surface area (Å²) in [5.41, 5.74) is 1.45. The number of anilines is 1. The molecule has 2 aromatic carbocycles. The molecule has 1 heterocycles. The highest BCUT2D eigenvalue weighted by molar-refractivity contribution is 7.92. The highest BCUT2D eigenvalue weighted by Crippen LogP contribution is 2.19. The summed E-state index contributed by atoms with van der Waals surface area (Å²) in [6.07, 6.45) is 2.30. The van der Waals surface area contributed by atoms with Crippen LogP contribution >= 0.6 is 0 Å². The van der Waals surface area contributed by atoms with E-state index >= 15 is 0 Å². The van der Waals surface area contributed by atoms with E-state index in [-0.39, 0.29) is 11.6 Å². The zero-order chi connectivity index (χ0) is 21.7. The van der Waals surface area contributed by atoms with Crippen molar-refractivity contribution in [1.82, 2.24) is 9.88 Å². The minimum Gasteiger partial charge on any atom is -0.341 e. The topological polar surface area (TPSA) is 79.4 Å². The molecule has 30 heavy (non-hydrogen) atoms. The molecule has 0 spiro atoms. The summed E-state index contributed by atoms with van der Waals surface area (Å²) in [5.74, 6) is -2.61. The van der Waals surface area contributed by atoms with E-state index in [1.165, 1.54) is 24.3 Å². The monoisotopic (exact) mass is 431 g/mol. The number of aromatic nitrogens is 1. The number of likely N-dealkylation sites (N-methyl/N-ethyl adjacent to an activating group) is 1. The van der Waals surface area contributed by atoms with Crippen LogP contribution in [-0.2, 0) is 16.4 Å². The summed E-state index contributed by atoms with van der Waals surface area (Å²) in [7, 11) is -2.43. The summed E-state index contributed by atoms with van der Waals surface area (Å²) in [6, 6.07) is 13.7. The van der Waals surface area contributed by atoms with Gasteiger partial charge in [-0.3, -0.25) is 14.5 Å². The van der Waals surface area contributed by atoms with Gasteiger partial charge in [-0.15, -0.1) is 0 Å². The van der Waals surface area contributed by atoms with Crippen LogP contribution < -0.4 is 4.72 Å². The number of carbonyl (C=O) groups excluding carboxylic acids is 1. The third-order valence-electron chi connectivity index (χ3n) is 4.36. The molecule has 0 bridgehead atoms. The Bertz CT molecular complexity index is 1140. The predicted octanol–water partition coefficient (Wildman–Crippen LogP) is 3.48.